The SMILES string of the molecule is COc1ccc(Br)cc1-c1cc(=O)[nH]c(O)c1C#N. The van der Waals surface area contributed by atoms with E-state index >= 15 is 0 Å². The van der Waals surface area contributed by atoms with Crippen molar-refractivity contribution < 1.29 is 9.84 Å². The fourth-order valence-electron chi connectivity index (χ4n) is 1.76. The predicted octanol–water partition coefficient (Wildman–Crippen LogP) is 2.39. The van der Waals surface area contributed by atoms with Crippen molar-refractivity contribution in [3.05, 3.63) is 44.7 Å². The Kier molecular flexibility index (Phi) is 3.58. The molecule has 1 heterocycles. The molecule has 2 N–H and O–H groups in total. The number of halogens is 1. The van der Waals surface area contributed by atoms with Crippen LogP contribution in [0.5, 0.6) is 11.6 Å². The van der Waals surface area contributed by atoms with Gasteiger partial charge in [-0.1, -0.05) is 15.9 Å². The Labute approximate surface area is 117 Å². The highest BCUT2D eigenvalue weighted by atomic mass is 79.9. The molecule has 2 aromatic rings. The molecule has 0 saturated heterocycles. The number of hydrogen-bond acceptors (Lipinski definition) is 4. The summed E-state index contributed by atoms with van der Waals surface area (Å²) in [6, 6.07) is 8.32. The van der Waals surface area contributed by atoms with Crippen LogP contribution in [0.1, 0.15) is 5.56 Å². The number of benzene rings is 1. The number of methoxy groups -OCH3 is 1. The molecule has 0 amide bonds. The quantitative estimate of drug-likeness (QED) is 0.889. The average molecular weight is 321 g/mol. The summed E-state index contributed by atoms with van der Waals surface area (Å²) in [7, 11) is 1.49. The molecule has 0 aliphatic rings. The van der Waals surface area contributed by atoms with Crippen molar-refractivity contribution in [2.45, 2.75) is 0 Å². The molecule has 0 saturated carbocycles. The molecular formula is C13H9BrN2O3. The van der Waals surface area contributed by atoms with Crippen molar-refractivity contribution in [2.75, 3.05) is 7.11 Å². The van der Waals surface area contributed by atoms with Gasteiger partial charge in [-0.3, -0.25) is 9.78 Å². The lowest BCUT2D eigenvalue weighted by Gasteiger charge is -2.10. The smallest absolute Gasteiger partial charge is 0.251 e. The molecule has 5 nitrogen and oxygen atoms in total. The number of nitrogens with zero attached hydrogens (tertiary/aromatic N) is 1. The molecule has 0 aliphatic heterocycles. The lowest BCUT2D eigenvalue weighted by molar-refractivity contribution is 0.416. The zero-order valence-electron chi connectivity index (χ0n) is 9.90. The van der Waals surface area contributed by atoms with Gasteiger partial charge < -0.3 is 9.84 Å². The van der Waals surface area contributed by atoms with Crippen LogP contribution in [0.3, 0.4) is 0 Å². The van der Waals surface area contributed by atoms with E-state index in [1.54, 1.807) is 18.2 Å². The van der Waals surface area contributed by atoms with E-state index in [1.165, 1.54) is 13.2 Å². The Balaban J connectivity index is 2.82. The molecule has 96 valence electrons. The minimum Gasteiger partial charge on any atom is -0.496 e. The number of rotatable bonds is 2. The highest BCUT2D eigenvalue weighted by Gasteiger charge is 2.15. The highest BCUT2D eigenvalue weighted by Crippen LogP contribution is 2.35. The number of aromatic amines is 1. The zero-order chi connectivity index (χ0) is 14.0. The maximum absolute atomic E-state index is 11.5. The van der Waals surface area contributed by atoms with Gasteiger partial charge >= 0.3 is 0 Å². The second-order valence-corrected chi connectivity index (χ2v) is 4.64. The molecule has 2 rings (SSSR count). The standard InChI is InChI=1S/C13H9BrN2O3/c1-19-11-3-2-7(14)4-9(11)8-5-12(17)16-13(18)10(8)6-15/h2-5H,1H3,(H2,16,17,18). The van der Waals surface area contributed by atoms with Crippen molar-refractivity contribution in [3.63, 3.8) is 0 Å². The Morgan fingerprint density at radius 3 is 2.74 bits per heavy atom. The highest BCUT2D eigenvalue weighted by molar-refractivity contribution is 9.10. The van der Waals surface area contributed by atoms with Crippen LogP contribution in [-0.2, 0) is 0 Å². The molecule has 0 aliphatic carbocycles. The van der Waals surface area contributed by atoms with Crippen LogP contribution in [0.15, 0.2) is 33.5 Å². The molecule has 1 aromatic carbocycles. The van der Waals surface area contributed by atoms with E-state index in [1.807, 2.05) is 6.07 Å². The Morgan fingerprint density at radius 2 is 2.11 bits per heavy atom. The molecule has 0 unspecified atom stereocenters. The fraction of sp³-hybridized carbons (Fsp3) is 0.0769. The minimum absolute atomic E-state index is 0.00370. The van der Waals surface area contributed by atoms with Gasteiger partial charge in [-0.05, 0) is 18.2 Å². The number of H-pyrrole nitrogens is 1. The van der Waals surface area contributed by atoms with Crippen LogP contribution in [0.25, 0.3) is 11.1 Å². The van der Waals surface area contributed by atoms with Gasteiger partial charge in [0, 0.05) is 21.7 Å². The zero-order valence-corrected chi connectivity index (χ0v) is 11.5. The molecule has 0 spiro atoms. The molecule has 6 heteroatoms. The second kappa shape index (κ2) is 5.16. The van der Waals surface area contributed by atoms with Crippen molar-refractivity contribution in [1.29, 1.82) is 5.26 Å². The van der Waals surface area contributed by atoms with Gasteiger partial charge in [0.2, 0.25) is 5.88 Å². The summed E-state index contributed by atoms with van der Waals surface area (Å²) in [6.45, 7) is 0. The predicted molar refractivity (Wildman–Crippen MR) is 73.1 cm³/mol. The number of pyridine rings is 1. The third kappa shape index (κ3) is 2.46. The summed E-state index contributed by atoms with van der Waals surface area (Å²) in [5, 5.41) is 18.7. The molecule has 19 heavy (non-hydrogen) atoms. The number of hydrogen-bond donors (Lipinski definition) is 2. The van der Waals surface area contributed by atoms with Crippen LogP contribution in [-0.4, -0.2) is 17.2 Å². The van der Waals surface area contributed by atoms with Gasteiger partial charge in [-0.15, -0.1) is 0 Å². The normalized spacial score (nSPS) is 9.95. The second-order valence-electron chi connectivity index (χ2n) is 3.73. The van der Waals surface area contributed by atoms with Gasteiger partial charge in [-0.25, -0.2) is 0 Å². The first kappa shape index (κ1) is 13.2. The first-order chi connectivity index (χ1) is 9.06. The van der Waals surface area contributed by atoms with Gasteiger partial charge in [0.15, 0.2) is 0 Å². The largest absolute Gasteiger partial charge is 0.496 e. The van der Waals surface area contributed by atoms with Crippen LogP contribution < -0.4 is 10.3 Å². The number of aromatic hydroxyl groups is 1. The first-order valence-electron chi connectivity index (χ1n) is 5.27. The third-order valence-corrected chi connectivity index (χ3v) is 3.08. The maximum atomic E-state index is 11.5. The minimum atomic E-state index is -0.492. The first-order valence-corrected chi connectivity index (χ1v) is 6.06. The monoisotopic (exact) mass is 320 g/mol. The maximum Gasteiger partial charge on any atom is 0.251 e. The number of nitrogens with one attached hydrogen (secondary N) is 1. The summed E-state index contributed by atoms with van der Waals surface area (Å²) < 4.78 is 5.98. The summed E-state index contributed by atoms with van der Waals surface area (Å²) >= 11 is 3.32. The Hall–Kier alpha value is -2.26. The van der Waals surface area contributed by atoms with E-state index in [9.17, 15) is 9.90 Å². The van der Waals surface area contributed by atoms with E-state index < -0.39 is 11.4 Å². The fourth-order valence-corrected chi connectivity index (χ4v) is 2.12. The number of aromatic nitrogens is 1. The van der Waals surface area contributed by atoms with E-state index in [2.05, 4.69) is 20.9 Å². The summed E-state index contributed by atoms with van der Waals surface area (Å²) in [4.78, 5) is 13.6. The van der Waals surface area contributed by atoms with Crippen LogP contribution >= 0.6 is 15.9 Å². The average Bonchev–Trinajstić information content (AvgIpc) is 2.37. The lowest BCUT2D eigenvalue weighted by atomic mass is 10.0. The summed E-state index contributed by atoms with van der Waals surface area (Å²) in [5.74, 6) is 0.0525. The van der Waals surface area contributed by atoms with Gasteiger partial charge in [0.05, 0.1) is 7.11 Å². The summed E-state index contributed by atoms with van der Waals surface area (Å²) in [5.41, 5.74) is 0.376. The van der Waals surface area contributed by atoms with E-state index in [4.69, 9.17) is 10.00 Å². The van der Waals surface area contributed by atoms with Gasteiger partial charge in [0.25, 0.3) is 5.56 Å². The molecule has 0 radical (unpaired) electrons. The van der Waals surface area contributed by atoms with Crippen molar-refractivity contribution in [1.82, 2.24) is 4.98 Å². The van der Waals surface area contributed by atoms with E-state index in [0.717, 1.165) is 4.47 Å². The Morgan fingerprint density at radius 1 is 1.37 bits per heavy atom. The van der Waals surface area contributed by atoms with E-state index in [0.29, 0.717) is 16.9 Å². The molecular weight excluding hydrogens is 312 g/mol. The molecule has 1 aromatic heterocycles. The van der Waals surface area contributed by atoms with Crippen LogP contribution in [0.4, 0.5) is 0 Å². The van der Waals surface area contributed by atoms with Crippen molar-refractivity contribution in [3.8, 4) is 28.8 Å². The van der Waals surface area contributed by atoms with Crippen LogP contribution in [0.2, 0.25) is 0 Å². The topological polar surface area (TPSA) is 86.1 Å². The molecule has 0 fully saturated rings. The Bertz CT molecular complexity index is 732. The molecule has 0 bridgehead atoms. The summed E-state index contributed by atoms with van der Waals surface area (Å²) in [6.07, 6.45) is 0. The number of nitriles is 1. The molecule has 0 atom stereocenters. The lowest BCUT2D eigenvalue weighted by Crippen LogP contribution is -2.06. The number of ether oxygens (including phenoxy) is 1. The third-order valence-electron chi connectivity index (χ3n) is 2.59. The van der Waals surface area contributed by atoms with Crippen molar-refractivity contribution >= 4 is 15.9 Å². The van der Waals surface area contributed by atoms with Crippen LogP contribution in [0, 0.1) is 11.3 Å². The van der Waals surface area contributed by atoms with Crippen molar-refractivity contribution in [2.24, 2.45) is 0 Å². The van der Waals surface area contributed by atoms with Gasteiger partial charge in [0.1, 0.15) is 17.4 Å². The van der Waals surface area contributed by atoms with E-state index in [-0.39, 0.29) is 5.56 Å². The van der Waals surface area contributed by atoms with Gasteiger partial charge in [-0.2, -0.15) is 5.26 Å².